The standard InChI is InChI=1S/C31H26ClN3O8/c1-5-31(39)24(43-28(37)20-12-8-18(3)9-13-20)22(15-41-27(36)19-10-6-17(2)7-11-19)42-30(31)35-14-21(29(38)40-4)23-25(32)33-16-34-26(23)35/h1,6-14,16,22,24,30,39H,15H2,2-4H3/t22-,24-,30-,31-/m1/s1. The first-order chi connectivity index (χ1) is 20.6. The highest BCUT2D eigenvalue weighted by Crippen LogP contribution is 2.43. The summed E-state index contributed by atoms with van der Waals surface area (Å²) in [6.45, 7) is 3.29. The molecule has 4 atom stereocenters. The highest BCUT2D eigenvalue weighted by atomic mass is 35.5. The summed E-state index contributed by atoms with van der Waals surface area (Å²) in [5, 5.41) is 12.0. The lowest BCUT2D eigenvalue weighted by atomic mass is 9.94. The van der Waals surface area contributed by atoms with Crippen LogP contribution in [0.15, 0.2) is 61.1 Å². The van der Waals surface area contributed by atoms with Crippen LogP contribution < -0.4 is 0 Å². The van der Waals surface area contributed by atoms with E-state index in [0.717, 1.165) is 17.5 Å². The summed E-state index contributed by atoms with van der Waals surface area (Å²) in [6, 6.07) is 13.3. The van der Waals surface area contributed by atoms with Crippen LogP contribution >= 0.6 is 11.6 Å². The maximum absolute atomic E-state index is 13.2. The van der Waals surface area contributed by atoms with E-state index in [1.54, 1.807) is 48.5 Å². The molecule has 11 nitrogen and oxygen atoms in total. The third-order valence-corrected chi connectivity index (χ3v) is 7.38. The number of rotatable bonds is 7. The molecule has 1 saturated heterocycles. The largest absolute Gasteiger partial charge is 0.465 e. The van der Waals surface area contributed by atoms with Gasteiger partial charge in [0.1, 0.15) is 29.8 Å². The minimum atomic E-state index is -2.34. The summed E-state index contributed by atoms with van der Waals surface area (Å²) < 4.78 is 23.6. The number of esters is 3. The molecule has 1 N–H and O–H groups in total. The molecule has 5 rings (SSSR count). The summed E-state index contributed by atoms with van der Waals surface area (Å²) in [5.41, 5.74) is 0.0819. The summed E-state index contributed by atoms with van der Waals surface area (Å²) in [4.78, 5) is 46.8. The number of fused-ring (bicyclic) bond motifs is 1. The van der Waals surface area contributed by atoms with Crippen molar-refractivity contribution in [2.24, 2.45) is 0 Å². The van der Waals surface area contributed by atoms with Gasteiger partial charge < -0.3 is 28.6 Å². The first-order valence-corrected chi connectivity index (χ1v) is 13.4. The van der Waals surface area contributed by atoms with Gasteiger partial charge in [-0.1, -0.05) is 52.9 Å². The smallest absolute Gasteiger partial charge is 0.340 e. The number of nitrogens with zero attached hydrogens (tertiary/aromatic N) is 3. The Kier molecular flexibility index (Phi) is 8.19. The fraction of sp³-hybridized carbons (Fsp3) is 0.258. The first kappa shape index (κ1) is 29.7. The molecular formula is C31H26ClN3O8. The predicted octanol–water partition coefficient (Wildman–Crippen LogP) is 3.83. The maximum Gasteiger partial charge on any atom is 0.340 e. The number of aromatic nitrogens is 3. The quantitative estimate of drug-likeness (QED) is 0.143. The van der Waals surface area contributed by atoms with Crippen molar-refractivity contribution in [3.63, 3.8) is 0 Å². The highest BCUT2D eigenvalue weighted by molar-refractivity contribution is 6.35. The van der Waals surface area contributed by atoms with E-state index in [9.17, 15) is 19.5 Å². The second-order valence-electron chi connectivity index (χ2n) is 9.96. The molecule has 0 spiro atoms. The van der Waals surface area contributed by atoms with E-state index in [4.69, 9.17) is 37.0 Å². The van der Waals surface area contributed by atoms with E-state index in [0.29, 0.717) is 0 Å². The monoisotopic (exact) mass is 603 g/mol. The summed E-state index contributed by atoms with van der Waals surface area (Å²) >= 11 is 6.30. The number of terminal acetylenes is 1. The van der Waals surface area contributed by atoms with Gasteiger partial charge in [0.05, 0.1) is 29.2 Å². The van der Waals surface area contributed by atoms with Crippen LogP contribution in [-0.2, 0) is 18.9 Å². The normalized spacial score (nSPS) is 21.3. The van der Waals surface area contributed by atoms with Crippen LogP contribution in [0, 0.1) is 26.2 Å². The zero-order valence-electron chi connectivity index (χ0n) is 23.3. The second kappa shape index (κ2) is 11.9. The molecule has 2 aromatic heterocycles. The van der Waals surface area contributed by atoms with E-state index in [2.05, 4.69) is 15.9 Å². The van der Waals surface area contributed by atoms with Crippen molar-refractivity contribution in [3.05, 3.63) is 94.0 Å². The Bertz CT molecular complexity index is 1750. The lowest BCUT2D eigenvalue weighted by molar-refractivity contribution is -0.0742. The van der Waals surface area contributed by atoms with Gasteiger partial charge in [-0.15, -0.1) is 6.42 Å². The molecule has 220 valence electrons. The topological polar surface area (TPSA) is 139 Å². The van der Waals surface area contributed by atoms with Crippen LogP contribution in [0.5, 0.6) is 0 Å². The van der Waals surface area contributed by atoms with Crippen LogP contribution in [0.1, 0.15) is 48.4 Å². The molecule has 43 heavy (non-hydrogen) atoms. The van der Waals surface area contributed by atoms with Crippen LogP contribution in [0.2, 0.25) is 5.15 Å². The Hall–Kier alpha value is -4.76. The Morgan fingerprint density at radius 1 is 1.02 bits per heavy atom. The minimum absolute atomic E-state index is 0.0199. The molecule has 0 saturated carbocycles. The number of methoxy groups -OCH3 is 1. The number of halogens is 1. The molecule has 1 aliphatic rings. The highest BCUT2D eigenvalue weighted by Gasteiger charge is 2.59. The molecule has 0 aliphatic carbocycles. The van der Waals surface area contributed by atoms with Crippen molar-refractivity contribution < 1.29 is 38.4 Å². The Morgan fingerprint density at radius 2 is 1.63 bits per heavy atom. The van der Waals surface area contributed by atoms with Gasteiger partial charge in [-0.3, -0.25) is 0 Å². The Morgan fingerprint density at radius 3 is 2.21 bits per heavy atom. The average Bonchev–Trinajstić information content (AvgIpc) is 3.52. The number of hydrogen-bond donors (Lipinski definition) is 1. The average molecular weight is 604 g/mol. The molecule has 3 heterocycles. The van der Waals surface area contributed by atoms with E-state index < -0.39 is 48.6 Å². The molecule has 1 fully saturated rings. The number of benzene rings is 2. The zero-order valence-corrected chi connectivity index (χ0v) is 24.1. The molecule has 4 aromatic rings. The van der Waals surface area contributed by atoms with Gasteiger partial charge in [0.25, 0.3) is 0 Å². The van der Waals surface area contributed by atoms with Gasteiger partial charge in [-0.2, -0.15) is 0 Å². The zero-order chi connectivity index (χ0) is 30.9. The molecule has 0 amide bonds. The fourth-order valence-corrected chi connectivity index (χ4v) is 5.01. The van der Waals surface area contributed by atoms with Crippen LogP contribution in [0.4, 0.5) is 0 Å². The molecule has 0 bridgehead atoms. The van der Waals surface area contributed by atoms with Crippen molar-refractivity contribution in [1.82, 2.24) is 14.5 Å². The number of aliphatic hydroxyl groups is 1. The predicted molar refractivity (Wildman–Crippen MR) is 153 cm³/mol. The van der Waals surface area contributed by atoms with Crippen LogP contribution in [0.3, 0.4) is 0 Å². The second-order valence-corrected chi connectivity index (χ2v) is 10.3. The van der Waals surface area contributed by atoms with E-state index in [-0.39, 0.29) is 32.9 Å². The van der Waals surface area contributed by atoms with Crippen LogP contribution in [-0.4, -0.2) is 69.1 Å². The fourth-order valence-electron chi connectivity index (χ4n) is 4.78. The molecule has 2 aromatic carbocycles. The van der Waals surface area contributed by atoms with E-state index in [1.807, 2.05) is 13.8 Å². The van der Waals surface area contributed by atoms with Gasteiger partial charge in [-0.25, -0.2) is 24.4 Å². The van der Waals surface area contributed by atoms with E-state index >= 15 is 0 Å². The van der Waals surface area contributed by atoms with Gasteiger partial charge in [0.2, 0.25) is 5.60 Å². The molecular weight excluding hydrogens is 578 g/mol. The minimum Gasteiger partial charge on any atom is -0.465 e. The third-order valence-electron chi connectivity index (χ3n) is 7.09. The SMILES string of the molecule is C#C[C@@]1(O)[C@H](OC(=O)c2ccc(C)cc2)[C@@H](COC(=O)c2ccc(C)cc2)O[C@H]1n1cc(C(=O)OC)c2c(Cl)ncnc21. The molecule has 0 unspecified atom stereocenters. The number of aryl methyl sites for hydroxylation is 2. The van der Waals surface area contributed by atoms with Crippen molar-refractivity contribution in [3.8, 4) is 12.3 Å². The number of carbonyl (C=O) groups is 3. The number of ether oxygens (including phenoxy) is 4. The van der Waals surface area contributed by atoms with Crippen molar-refractivity contribution in [2.45, 2.75) is 37.9 Å². The number of carbonyl (C=O) groups excluding carboxylic acids is 3. The Labute approximate surface area is 251 Å². The third kappa shape index (κ3) is 5.56. The number of hydrogen-bond acceptors (Lipinski definition) is 10. The lowest BCUT2D eigenvalue weighted by Gasteiger charge is -2.29. The summed E-state index contributed by atoms with van der Waals surface area (Å²) in [5.74, 6) is 0.0724. The van der Waals surface area contributed by atoms with Gasteiger partial charge in [-0.05, 0) is 38.1 Å². The lowest BCUT2D eigenvalue weighted by Crippen LogP contribution is -2.48. The first-order valence-electron chi connectivity index (χ1n) is 13.0. The van der Waals surface area contributed by atoms with E-state index in [1.165, 1.54) is 17.9 Å². The van der Waals surface area contributed by atoms with Crippen molar-refractivity contribution >= 4 is 40.5 Å². The van der Waals surface area contributed by atoms with Crippen molar-refractivity contribution in [1.29, 1.82) is 0 Å². The Balaban J connectivity index is 1.54. The molecule has 1 aliphatic heterocycles. The molecule has 12 heteroatoms. The van der Waals surface area contributed by atoms with Crippen molar-refractivity contribution in [2.75, 3.05) is 13.7 Å². The van der Waals surface area contributed by atoms with Gasteiger partial charge >= 0.3 is 17.9 Å². The summed E-state index contributed by atoms with van der Waals surface area (Å²) in [6.07, 6.45) is 4.06. The van der Waals surface area contributed by atoms with Gasteiger partial charge in [0.15, 0.2) is 12.3 Å². The summed E-state index contributed by atoms with van der Waals surface area (Å²) in [7, 11) is 1.19. The van der Waals surface area contributed by atoms with Gasteiger partial charge in [0, 0.05) is 6.20 Å². The molecule has 0 radical (unpaired) electrons. The van der Waals surface area contributed by atoms with Crippen LogP contribution in [0.25, 0.3) is 11.0 Å². The maximum atomic E-state index is 13.2.